The van der Waals surface area contributed by atoms with Gasteiger partial charge in [0.1, 0.15) is 0 Å². The van der Waals surface area contributed by atoms with Crippen LogP contribution in [0.2, 0.25) is 0 Å². The van der Waals surface area contributed by atoms with Gasteiger partial charge in [-0.05, 0) is 40.3 Å². The first-order chi connectivity index (χ1) is 15.6. The zero-order chi connectivity index (χ0) is 22.3. The Balaban J connectivity index is 1.97. The van der Waals surface area contributed by atoms with E-state index in [0.717, 1.165) is 33.4 Å². The van der Waals surface area contributed by atoms with Gasteiger partial charge < -0.3 is 5.11 Å². The SMILES string of the molecule is CC(O)=CC(=O)c1ccc(C(=C(c2ccccc2)c2ccccc2)c2ccccc2)cc1. The molecule has 0 aliphatic rings. The molecule has 0 saturated heterocycles. The van der Waals surface area contributed by atoms with Gasteiger partial charge in [-0.1, -0.05) is 115 Å². The molecule has 2 heteroatoms. The lowest BCUT2D eigenvalue weighted by atomic mass is 9.85. The van der Waals surface area contributed by atoms with Crippen LogP contribution in [-0.2, 0) is 0 Å². The van der Waals surface area contributed by atoms with E-state index in [-0.39, 0.29) is 11.5 Å². The lowest BCUT2D eigenvalue weighted by molar-refractivity contribution is 0.104. The highest BCUT2D eigenvalue weighted by molar-refractivity contribution is 6.07. The van der Waals surface area contributed by atoms with E-state index in [0.29, 0.717) is 5.56 Å². The summed E-state index contributed by atoms with van der Waals surface area (Å²) in [5.41, 5.74) is 7.11. The summed E-state index contributed by atoms with van der Waals surface area (Å²) in [6, 6.07) is 38.6. The van der Waals surface area contributed by atoms with Crippen LogP contribution in [0.1, 0.15) is 39.5 Å². The molecular weight excluding hydrogens is 392 g/mol. The second-order valence-corrected chi connectivity index (χ2v) is 7.58. The highest BCUT2D eigenvalue weighted by Gasteiger charge is 2.16. The lowest BCUT2D eigenvalue weighted by Crippen LogP contribution is -1.99. The predicted molar refractivity (Wildman–Crippen MR) is 132 cm³/mol. The van der Waals surface area contributed by atoms with E-state index in [4.69, 9.17) is 0 Å². The molecule has 4 aromatic rings. The van der Waals surface area contributed by atoms with E-state index in [9.17, 15) is 9.90 Å². The summed E-state index contributed by atoms with van der Waals surface area (Å²) in [5, 5.41) is 9.43. The van der Waals surface area contributed by atoms with Gasteiger partial charge in [-0.3, -0.25) is 4.79 Å². The minimum absolute atomic E-state index is 0.000566. The summed E-state index contributed by atoms with van der Waals surface area (Å²) in [6.07, 6.45) is 1.24. The zero-order valence-corrected chi connectivity index (χ0v) is 17.9. The molecule has 156 valence electrons. The third kappa shape index (κ3) is 4.76. The van der Waals surface area contributed by atoms with E-state index in [1.165, 1.54) is 13.0 Å². The molecule has 0 bridgehead atoms. The van der Waals surface area contributed by atoms with E-state index in [1.54, 1.807) is 0 Å². The Morgan fingerprint density at radius 2 is 0.844 bits per heavy atom. The fraction of sp³-hybridized carbons (Fsp3) is 0.0333. The summed E-state index contributed by atoms with van der Waals surface area (Å²) >= 11 is 0. The molecule has 0 amide bonds. The number of ketones is 1. The third-order valence-electron chi connectivity index (χ3n) is 5.24. The van der Waals surface area contributed by atoms with Gasteiger partial charge in [-0.2, -0.15) is 0 Å². The van der Waals surface area contributed by atoms with Crippen molar-refractivity contribution in [1.82, 2.24) is 0 Å². The van der Waals surface area contributed by atoms with Crippen molar-refractivity contribution in [2.24, 2.45) is 0 Å². The maximum atomic E-state index is 12.3. The number of hydrogen-bond acceptors (Lipinski definition) is 2. The monoisotopic (exact) mass is 416 g/mol. The van der Waals surface area contributed by atoms with Crippen LogP contribution in [0.25, 0.3) is 11.1 Å². The van der Waals surface area contributed by atoms with Gasteiger partial charge in [-0.15, -0.1) is 0 Å². The number of aliphatic hydroxyl groups is 1. The smallest absolute Gasteiger partial charge is 0.189 e. The van der Waals surface area contributed by atoms with Crippen molar-refractivity contribution in [3.63, 3.8) is 0 Å². The number of carbonyl (C=O) groups is 1. The first-order valence-electron chi connectivity index (χ1n) is 10.6. The van der Waals surface area contributed by atoms with Gasteiger partial charge in [0.05, 0.1) is 5.76 Å². The highest BCUT2D eigenvalue weighted by atomic mass is 16.3. The summed E-state index contributed by atoms with van der Waals surface area (Å²) in [6.45, 7) is 1.49. The van der Waals surface area contributed by atoms with E-state index in [2.05, 4.69) is 36.4 Å². The Kier molecular flexibility index (Phi) is 6.43. The van der Waals surface area contributed by atoms with Crippen molar-refractivity contribution >= 4 is 16.9 Å². The fourth-order valence-electron chi connectivity index (χ4n) is 3.80. The van der Waals surface area contributed by atoms with Crippen molar-refractivity contribution in [1.29, 1.82) is 0 Å². The summed E-state index contributed by atoms with van der Waals surface area (Å²) in [4.78, 5) is 12.3. The second-order valence-electron chi connectivity index (χ2n) is 7.58. The van der Waals surface area contributed by atoms with Crippen LogP contribution in [0.5, 0.6) is 0 Å². The Hall–Kier alpha value is -4.17. The van der Waals surface area contributed by atoms with Crippen molar-refractivity contribution in [2.75, 3.05) is 0 Å². The Bertz CT molecular complexity index is 1210. The topological polar surface area (TPSA) is 37.3 Å². The van der Waals surface area contributed by atoms with Crippen LogP contribution in [0.15, 0.2) is 127 Å². The first-order valence-corrected chi connectivity index (χ1v) is 10.6. The van der Waals surface area contributed by atoms with Gasteiger partial charge >= 0.3 is 0 Å². The zero-order valence-electron chi connectivity index (χ0n) is 17.9. The number of carbonyl (C=O) groups excluding carboxylic acids is 1. The molecule has 0 aromatic heterocycles. The van der Waals surface area contributed by atoms with Crippen molar-refractivity contribution < 1.29 is 9.90 Å². The molecule has 0 aliphatic carbocycles. The molecule has 0 fully saturated rings. The van der Waals surface area contributed by atoms with Crippen LogP contribution in [0, 0.1) is 0 Å². The Labute approximate surface area is 188 Å². The lowest BCUT2D eigenvalue weighted by Gasteiger charge is -2.18. The van der Waals surface area contributed by atoms with Gasteiger partial charge in [0.25, 0.3) is 0 Å². The Morgan fingerprint density at radius 1 is 0.531 bits per heavy atom. The molecular formula is C30H24O2. The van der Waals surface area contributed by atoms with Gasteiger partial charge in [0.2, 0.25) is 0 Å². The normalized spacial score (nSPS) is 11.1. The number of allylic oxidation sites excluding steroid dienone is 2. The molecule has 0 spiro atoms. The van der Waals surface area contributed by atoms with Crippen LogP contribution in [0.3, 0.4) is 0 Å². The van der Waals surface area contributed by atoms with E-state index in [1.807, 2.05) is 78.9 Å². The molecule has 0 unspecified atom stereocenters. The van der Waals surface area contributed by atoms with E-state index < -0.39 is 0 Å². The molecule has 4 aromatic carbocycles. The molecule has 0 saturated carbocycles. The van der Waals surface area contributed by atoms with Gasteiger partial charge in [0.15, 0.2) is 5.78 Å². The predicted octanol–water partition coefficient (Wildman–Crippen LogP) is 7.34. The van der Waals surface area contributed by atoms with Crippen molar-refractivity contribution in [2.45, 2.75) is 6.92 Å². The third-order valence-corrected chi connectivity index (χ3v) is 5.24. The average molecular weight is 417 g/mol. The minimum atomic E-state index is -0.215. The molecule has 0 atom stereocenters. The summed E-state index contributed by atoms with van der Waals surface area (Å²) < 4.78 is 0. The van der Waals surface area contributed by atoms with Crippen LogP contribution in [-0.4, -0.2) is 10.9 Å². The fourth-order valence-corrected chi connectivity index (χ4v) is 3.80. The molecule has 4 rings (SSSR count). The minimum Gasteiger partial charge on any atom is -0.512 e. The molecule has 0 heterocycles. The van der Waals surface area contributed by atoms with Crippen LogP contribution in [0.4, 0.5) is 0 Å². The largest absolute Gasteiger partial charge is 0.512 e. The molecule has 1 N–H and O–H groups in total. The van der Waals surface area contributed by atoms with Gasteiger partial charge in [-0.25, -0.2) is 0 Å². The first kappa shape index (κ1) is 21.1. The molecule has 32 heavy (non-hydrogen) atoms. The van der Waals surface area contributed by atoms with Gasteiger partial charge in [0, 0.05) is 11.6 Å². The van der Waals surface area contributed by atoms with Crippen LogP contribution >= 0.6 is 0 Å². The van der Waals surface area contributed by atoms with Crippen LogP contribution < -0.4 is 0 Å². The standard InChI is InChI=1S/C30H24O2/c1-22(31)21-28(32)23-17-19-27(20-18-23)30(26-15-9-4-10-16-26)29(24-11-5-2-6-12-24)25-13-7-3-8-14-25/h2-21,31H,1H3. The van der Waals surface area contributed by atoms with Crippen molar-refractivity contribution in [3.05, 3.63) is 155 Å². The number of aliphatic hydroxyl groups excluding tert-OH is 1. The summed E-state index contributed by atoms with van der Waals surface area (Å²) in [7, 11) is 0. The Morgan fingerprint density at radius 3 is 1.19 bits per heavy atom. The van der Waals surface area contributed by atoms with E-state index >= 15 is 0 Å². The number of rotatable bonds is 6. The average Bonchev–Trinajstić information content (AvgIpc) is 2.84. The van der Waals surface area contributed by atoms with Crippen molar-refractivity contribution in [3.8, 4) is 0 Å². The second kappa shape index (κ2) is 9.76. The molecule has 0 radical (unpaired) electrons. The molecule has 0 aliphatic heterocycles. The maximum absolute atomic E-state index is 12.3. The maximum Gasteiger partial charge on any atom is 0.189 e. The number of hydrogen-bond donors (Lipinski definition) is 1. The molecule has 2 nitrogen and oxygen atoms in total. The quantitative estimate of drug-likeness (QED) is 0.154. The number of benzene rings is 4. The highest BCUT2D eigenvalue weighted by Crippen LogP contribution is 2.36. The summed E-state index contributed by atoms with van der Waals surface area (Å²) in [5.74, 6) is -0.215.